The van der Waals surface area contributed by atoms with E-state index in [-0.39, 0.29) is 43.3 Å². The van der Waals surface area contributed by atoms with Crippen LogP contribution in [0.25, 0.3) is 10.9 Å². The first-order chi connectivity index (χ1) is 10.5. The maximum Gasteiger partial charge on any atom is 0.325 e. The Morgan fingerprint density at radius 2 is 2.09 bits per heavy atom. The Bertz CT molecular complexity index is 682. The van der Waals surface area contributed by atoms with Crippen LogP contribution in [0.15, 0.2) is 30.5 Å². The Balaban J connectivity index is 0.00000264. The van der Waals surface area contributed by atoms with Crippen LogP contribution in [0.1, 0.15) is 20.3 Å². The Labute approximate surface area is 141 Å². The number of esters is 1. The van der Waals surface area contributed by atoms with Crippen molar-refractivity contribution in [1.82, 2.24) is 4.57 Å². The van der Waals surface area contributed by atoms with Gasteiger partial charge < -0.3 is 20.4 Å². The Morgan fingerprint density at radius 1 is 1.35 bits per heavy atom. The number of rotatable bonds is 6. The molecule has 0 saturated heterocycles. The number of ether oxygens (including phenoxy) is 1. The molecular formula is C16H22ClN3O3. The van der Waals surface area contributed by atoms with Crippen LogP contribution in [-0.2, 0) is 20.9 Å². The van der Waals surface area contributed by atoms with Crippen molar-refractivity contribution in [3.8, 4) is 0 Å². The molecule has 3 N–H and O–H groups in total. The number of halogens is 1. The van der Waals surface area contributed by atoms with E-state index in [0.29, 0.717) is 12.3 Å². The molecule has 1 aromatic heterocycles. The van der Waals surface area contributed by atoms with Crippen molar-refractivity contribution in [3.63, 3.8) is 0 Å². The first kappa shape index (κ1) is 19.0. The number of amides is 1. The minimum absolute atomic E-state index is 0. The Kier molecular flexibility index (Phi) is 7.06. The number of fused-ring (bicyclic) bond motifs is 1. The smallest absolute Gasteiger partial charge is 0.325 e. The molecule has 1 aromatic carbocycles. The van der Waals surface area contributed by atoms with Gasteiger partial charge in [-0.15, -0.1) is 12.4 Å². The van der Waals surface area contributed by atoms with E-state index in [2.05, 4.69) is 5.32 Å². The molecule has 7 heteroatoms. The van der Waals surface area contributed by atoms with Gasteiger partial charge in [0.2, 0.25) is 5.91 Å². The summed E-state index contributed by atoms with van der Waals surface area (Å²) in [5.74, 6) is -0.380. The highest BCUT2D eigenvalue weighted by Gasteiger charge is 2.09. The highest BCUT2D eigenvalue weighted by Crippen LogP contribution is 2.21. The van der Waals surface area contributed by atoms with Gasteiger partial charge in [-0.05, 0) is 38.1 Å². The summed E-state index contributed by atoms with van der Waals surface area (Å²) < 4.78 is 6.77. The maximum atomic E-state index is 11.7. The molecule has 0 saturated carbocycles. The van der Waals surface area contributed by atoms with Crippen molar-refractivity contribution in [1.29, 1.82) is 0 Å². The molecule has 0 fully saturated rings. The molecule has 1 heterocycles. The van der Waals surface area contributed by atoms with Gasteiger partial charge in [-0.25, -0.2) is 0 Å². The third-order valence-corrected chi connectivity index (χ3v) is 3.17. The summed E-state index contributed by atoms with van der Waals surface area (Å²) in [4.78, 5) is 23.3. The highest BCUT2D eigenvalue weighted by atomic mass is 35.5. The largest absolute Gasteiger partial charge is 0.465 e. The van der Waals surface area contributed by atoms with Crippen molar-refractivity contribution in [3.05, 3.63) is 30.5 Å². The van der Waals surface area contributed by atoms with Gasteiger partial charge in [0.15, 0.2) is 0 Å². The van der Waals surface area contributed by atoms with Crippen LogP contribution in [0.2, 0.25) is 0 Å². The summed E-state index contributed by atoms with van der Waals surface area (Å²) in [5, 5.41) is 3.76. The number of benzene rings is 1. The lowest BCUT2D eigenvalue weighted by molar-refractivity contribution is -0.143. The molecule has 1 atom stereocenters. The summed E-state index contributed by atoms with van der Waals surface area (Å²) in [6.45, 7) is 4.11. The van der Waals surface area contributed by atoms with E-state index < -0.39 is 0 Å². The van der Waals surface area contributed by atoms with E-state index >= 15 is 0 Å². The Morgan fingerprint density at radius 3 is 2.74 bits per heavy atom. The monoisotopic (exact) mass is 339 g/mol. The van der Waals surface area contributed by atoms with E-state index in [1.807, 2.05) is 35.0 Å². The molecule has 0 radical (unpaired) electrons. The number of nitrogens with zero attached hydrogens (tertiary/aromatic N) is 1. The van der Waals surface area contributed by atoms with Crippen LogP contribution in [0.3, 0.4) is 0 Å². The van der Waals surface area contributed by atoms with Crippen LogP contribution in [0.5, 0.6) is 0 Å². The van der Waals surface area contributed by atoms with Gasteiger partial charge >= 0.3 is 5.97 Å². The average molecular weight is 340 g/mol. The topological polar surface area (TPSA) is 86.3 Å². The van der Waals surface area contributed by atoms with Crippen LogP contribution < -0.4 is 11.1 Å². The van der Waals surface area contributed by atoms with E-state index in [0.717, 1.165) is 10.9 Å². The standard InChI is InChI=1S/C16H21N3O3.ClH/c1-3-22-16(21)10-19-7-6-12-9-13(4-5-14(12)19)18-15(20)8-11(2)17;/h4-7,9,11H,3,8,10,17H2,1-2H3,(H,18,20);1H. The molecular weight excluding hydrogens is 318 g/mol. The molecule has 0 aliphatic rings. The fourth-order valence-electron chi connectivity index (χ4n) is 2.27. The van der Waals surface area contributed by atoms with Crippen LogP contribution >= 0.6 is 12.4 Å². The minimum atomic E-state index is -0.269. The van der Waals surface area contributed by atoms with Crippen molar-refractivity contribution in [2.24, 2.45) is 5.73 Å². The Hall–Kier alpha value is -2.05. The molecule has 23 heavy (non-hydrogen) atoms. The molecule has 2 aromatic rings. The first-order valence-electron chi connectivity index (χ1n) is 7.29. The number of nitrogens with one attached hydrogen (secondary N) is 1. The predicted molar refractivity (Wildman–Crippen MR) is 92.7 cm³/mol. The summed E-state index contributed by atoms with van der Waals surface area (Å²) in [6.07, 6.45) is 2.11. The van der Waals surface area contributed by atoms with Gasteiger partial charge in [-0.1, -0.05) is 0 Å². The lowest BCUT2D eigenvalue weighted by atomic mass is 10.2. The second-order valence-corrected chi connectivity index (χ2v) is 5.25. The van der Waals surface area contributed by atoms with E-state index in [9.17, 15) is 9.59 Å². The van der Waals surface area contributed by atoms with Gasteiger partial charge in [0.1, 0.15) is 6.54 Å². The lowest BCUT2D eigenvalue weighted by Gasteiger charge is -2.08. The number of aromatic nitrogens is 1. The molecule has 0 spiro atoms. The number of hydrogen-bond donors (Lipinski definition) is 2. The summed E-state index contributed by atoms with van der Waals surface area (Å²) >= 11 is 0. The normalized spacial score (nSPS) is 11.6. The zero-order valence-electron chi connectivity index (χ0n) is 13.2. The molecule has 0 aliphatic carbocycles. The third kappa shape index (κ3) is 5.26. The summed E-state index contributed by atoms with van der Waals surface area (Å²) in [7, 11) is 0. The van der Waals surface area contributed by atoms with Crippen molar-refractivity contribution in [2.75, 3.05) is 11.9 Å². The van der Waals surface area contributed by atoms with Gasteiger partial charge in [-0.3, -0.25) is 9.59 Å². The van der Waals surface area contributed by atoms with Gasteiger partial charge in [-0.2, -0.15) is 0 Å². The van der Waals surface area contributed by atoms with E-state index in [1.165, 1.54) is 0 Å². The van der Waals surface area contributed by atoms with Crippen LogP contribution in [-0.4, -0.2) is 29.1 Å². The lowest BCUT2D eigenvalue weighted by Crippen LogP contribution is -2.23. The second-order valence-electron chi connectivity index (χ2n) is 5.25. The fraction of sp³-hybridized carbons (Fsp3) is 0.375. The summed E-state index contributed by atoms with van der Waals surface area (Å²) in [6, 6.07) is 7.28. The maximum absolute atomic E-state index is 11.7. The number of carbonyl (C=O) groups excluding carboxylic acids is 2. The predicted octanol–water partition coefficient (Wildman–Crippen LogP) is 2.30. The third-order valence-electron chi connectivity index (χ3n) is 3.17. The SMILES string of the molecule is CCOC(=O)Cn1ccc2cc(NC(=O)CC(C)N)ccc21.Cl. The van der Waals surface area contributed by atoms with Crippen molar-refractivity contribution in [2.45, 2.75) is 32.9 Å². The van der Waals surface area contributed by atoms with Crippen molar-refractivity contribution < 1.29 is 14.3 Å². The van der Waals surface area contributed by atoms with Gasteiger partial charge in [0, 0.05) is 35.2 Å². The number of carbonyl (C=O) groups is 2. The van der Waals surface area contributed by atoms with Gasteiger partial charge in [0.25, 0.3) is 0 Å². The van der Waals surface area contributed by atoms with E-state index in [1.54, 1.807) is 13.8 Å². The average Bonchev–Trinajstić information content (AvgIpc) is 2.80. The molecule has 0 aliphatic heterocycles. The summed E-state index contributed by atoms with van der Waals surface area (Å²) in [5.41, 5.74) is 7.23. The second kappa shape index (κ2) is 8.55. The highest BCUT2D eigenvalue weighted by molar-refractivity contribution is 5.94. The number of hydrogen-bond acceptors (Lipinski definition) is 4. The zero-order chi connectivity index (χ0) is 16.1. The molecule has 126 valence electrons. The molecule has 0 bridgehead atoms. The van der Waals surface area contributed by atoms with Gasteiger partial charge in [0.05, 0.1) is 6.61 Å². The van der Waals surface area contributed by atoms with Crippen LogP contribution in [0.4, 0.5) is 5.69 Å². The minimum Gasteiger partial charge on any atom is -0.465 e. The first-order valence-corrected chi connectivity index (χ1v) is 7.29. The van der Waals surface area contributed by atoms with E-state index in [4.69, 9.17) is 10.5 Å². The fourth-order valence-corrected chi connectivity index (χ4v) is 2.27. The molecule has 6 nitrogen and oxygen atoms in total. The van der Waals surface area contributed by atoms with Crippen molar-refractivity contribution >= 4 is 40.9 Å². The zero-order valence-corrected chi connectivity index (χ0v) is 14.1. The molecule has 1 amide bonds. The quantitative estimate of drug-likeness (QED) is 0.791. The molecule has 1 unspecified atom stereocenters. The van der Waals surface area contributed by atoms with Crippen LogP contribution in [0, 0.1) is 0 Å². The molecule has 2 rings (SSSR count). The number of nitrogens with two attached hydrogens (primary N) is 1. The number of anilines is 1.